The van der Waals surface area contributed by atoms with Gasteiger partial charge in [0.1, 0.15) is 23.9 Å². The van der Waals surface area contributed by atoms with Gasteiger partial charge in [-0.3, -0.25) is 0 Å². The van der Waals surface area contributed by atoms with Crippen molar-refractivity contribution in [3.05, 3.63) is 42.6 Å². The van der Waals surface area contributed by atoms with Crippen LogP contribution in [0.2, 0.25) is 0 Å². The molecule has 0 aliphatic rings. The Kier molecular flexibility index (Phi) is 11.7. The van der Waals surface area contributed by atoms with Gasteiger partial charge in [0, 0.05) is 11.4 Å². The normalized spacial score (nSPS) is 11.6. The summed E-state index contributed by atoms with van der Waals surface area (Å²) in [5, 5.41) is 0.818. The van der Waals surface area contributed by atoms with E-state index in [9.17, 15) is 4.79 Å². The van der Waals surface area contributed by atoms with E-state index in [0.717, 1.165) is 5.33 Å². The second-order valence-corrected chi connectivity index (χ2v) is 6.97. The number of halogens is 1. The first kappa shape index (κ1) is 24.9. The van der Waals surface area contributed by atoms with Gasteiger partial charge >= 0.3 is 5.97 Å². The highest BCUT2D eigenvalue weighted by atomic mass is 79.9. The molecule has 9 heteroatoms. The summed E-state index contributed by atoms with van der Waals surface area (Å²) >= 11 is 3.29. The van der Waals surface area contributed by atoms with Crippen molar-refractivity contribution in [1.82, 2.24) is 4.98 Å². The molecule has 0 saturated carbocycles. The zero-order chi connectivity index (χ0) is 22.3. The smallest absolute Gasteiger partial charge is 0.347 e. The van der Waals surface area contributed by atoms with Crippen LogP contribution in [0.25, 0.3) is 0 Å². The largest absolute Gasteiger partial charge is 0.490 e. The molecular formula is C22H28BrNO7. The molecule has 0 fully saturated rings. The maximum absolute atomic E-state index is 11.6. The fourth-order valence-corrected chi connectivity index (χ4v) is 2.56. The van der Waals surface area contributed by atoms with Gasteiger partial charge in [0.2, 0.25) is 5.88 Å². The quantitative estimate of drug-likeness (QED) is 0.207. The average molecular weight is 498 g/mol. The Morgan fingerprint density at radius 3 is 2.23 bits per heavy atom. The van der Waals surface area contributed by atoms with E-state index >= 15 is 0 Å². The van der Waals surface area contributed by atoms with Crippen LogP contribution in [0.4, 0.5) is 0 Å². The highest BCUT2D eigenvalue weighted by molar-refractivity contribution is 9.09. The Labute approximate surface area is 190 Å². The van der Waals surface area contributed by atoms with Crippen molar-refractivity contribution in [2.45, 2.75) is 20.0 Å². The minimum atomic E-state index is -0.682. The number of ether oxygens (including phenoxy) is 6. The van der Waals surface area contributed by atoms with Crippen LogP contribution in [-0.4, -0.2) is 62.0 Å². The summed E-state index contributed by atoms with van der Waals surface area (Å²) in [6, 6.07) is 10.4. The number of alkyl halides is 1. The summed E-state index contributed by atoms with van der Waals surface area (Å²) in [7, 11) is 0. The van der Waals surface area contributed by atoms with Crippen molar-refractivity contribution in [2.75, 3.05) is 45.0 Å². The minimum absolute atomic E-state index is 0.317. The second-order valence-electron chi connectivity index (χ2n) is 6.18. The maximum atomic E-state index is 11.6. The van der Waals surface area contributed by atoms with Crippen LogP contribution in [0.3, 0.4) is 0 Å². The van der Waals surface area contributed by atoms with Gasteiger partial charge in [-0.2, -0.15) is 0 Å². The average Bonchev–Trinajstić information content (AvgIpc) is 2.78. The van der Waals surface area contributed by atoms with Gasteiger partial charge < -0.3 is 28.4 Å². The van der Waals surface area contributed by atoms with E-state index in [-0.39, 0.29) is 0 Å². The molecule has 1 aromatic heterocycles. The van der Waals surface area contributed by atoms with Gasteiger partial charge in [-0.05, 0) is 44.2 Å². The topological polar surface area (TPSA) is 85.3 Å². The number of aromatic nitrogens is 1. The van der Waals surface area contributed by atoms with Crippen LogP contribution in [0.1, 0.15) is 13.8 Å². The number of hydrogen-bond donors (Lipinski definition) is 0. The van der Waals surface area contributed by atoms with E-state index in [1.54, 1.807) is 56.4 Å². The summed E-state index contributed by atoms with van der Waals surface area (Å²) in [5.74, 6) is 1.79. The van der Waals surface area contributed by atoms with Gasteiger partial charge in [0.15, 0.2) is 6.10 Å². The minimum Gasteiger partial charge on any atom is -0.490 e. The van der Waals surface area contributed by atoms with Crippen molar-refractivity contribution in [3.8, 4) is 23.1 Å². The Balaban J connectivity index is 1.70. The van der Waals surface area contributed by atoms with Crippen LogP contribution >= 0.6 is 15.9 Å². The lowest BCUT2D eigenvalue weighted by Gasteiger charge is -2.13. The van der Waals surface area contributed by atoms with Gasteiger partial charge in [-0.1, -0.05) is 15.9 Å². The highest BCUT2D eigenvalue weighted by Crippen LogP contribution is 2.24. The third-order valence-electron chi connectivity index (χ3n) is 3.78. The molecule has 8 nitrogen and oxygen atoms in total. The number of rotatable bonds is 15. The highest BCUT2D eigenvalue weighted by Gasteiger charge is 2.15. The fraction of sp³-hybridized carbons (Fsp3) is 0.455. The van der Waals surface area contributed by atoms with Crippen molar-refractivity contribution in [1.29, 1.82) is 0 Å². The molecule has 31 heavy (non-hydrogen) atoms. The van der Waals surface area contributed by atoms with Crippen LogP contribution < -0.4 is 14.2 Å². The van der Waals surface area contributed by atoms with E-state index in [1.807, 2.05) is 0 Å². The Morgan fingerprint density at radius 1 is 0.935 bits per heavy atom. The lowest BCUT2D eigenvalue weighted by molar-refractivity contribution is -0.150. The van der Waals surface area contributed by atoms with E-state index in [1.165, 1.54) is 0 Å². The van der Waals surface area contributed by atoms with E-state index in [0.29, 0.717) is 62.8 Å². The van der Waals surface area contributed by atoms with E-state index in [4.69, 9.17) is 28.4 Å². The molecule has 2 aromatic rings. The summed E-state index contributed by atoms with van der Waals surface area (Å²) in [4.78, 5) is 15.9. The van der Waals surface area contributed by atoms with Crippen LogP contribution in [0.15, 0.2) is 42.6 Å². The summed E-state index contributed by atoms with van der Waals surface area (Å²) in [6.07, 6.45) is 0.909. The molecule has 0 aliphatic carbocycles. The standard InChI is InChI=1S/C22H28BrNO7/c1-3-28-22(25)17(2)30-18-4-6-19(7-5-18)31-21-9-8-20(16-24-21)29-15-14-27-13-12-26-11-10-23/h4-9,16-17H,3,10-15H2,1-2H3/t17-/m1/s1. The van der Waals surface area contributed by atoms with Crippen LogP contribution in [0.5, 0.6) is 23.1 Å². The molecule has 2 rings (SSSR count). The lowest BCUT2D eigenvalue weighted by Crippen LogP contribution is -2.25. The third-order valence-corrected chi connectivity index (χ3v) is 4.10. The molecule has 0 radical (unpaired) electrons. The second kappa shape index (κ2) is 14.6. The zero-order valence-electron chi connectivity index (χ0n) is 17.8. The van der Waals surface area contributed by atoms with E-state index in [2.05, 4.69) is 20.9 Å². The fourth-order valence-electron chi connectivity index (χ4n) is 2.33. The van der Waals surface area contributed by atoms with Crippen molar-refractivity contribution < 1.29 is 33.2 Å². The SMILES string of the molecule is CCOC(=O)[C@@H](C)Oc1ccc(Oc2ccc(OCCOCCOCCBr)cn2)cc1. The predicted molar refractivity (Wildman–Crippen MR) is 118 cm³/mol. The Bertz CT molecular complexity index is 755. The summed E-state index contributed by atoms with van der Waals surface area (Å²) in [6.45, 7) is 6.38. The third kappa shape index (κ3) is 9.99. The number of nitrogens with zero attached hydrogens (tertiary/aromatic N) is 1. The van der Waals surface area contributed by atoms with Crippen LogP contribution in [0, 0.1) is 0 Å². The molecule has 0 amide bonds. The number of pyridine rings is 1. The predicted octanol–water partition coefficient (Wildman–Crippen LogP) is 4.01. The molecular weight excluding hydrogens is 470 g/mol. The Morgan fingerprint density at radius 2 is 1.58 bits per heavy atom. The van der Waals surface area contributed by atoms with Gasteiger partial charge in [-0.25, -0.2) is 9.78 Å². The van der Waals surface area contributed by atoms with Gasteiger partial charge in [0.25, 0.3) is 0 Å². The number of hydrogen-bond acceptors (Lipinski definition) is 8. The van der Waals surface area contributed by atoms with Crippen molar-refractivity contribution in [3.63, 3.8) is 0 Å². The molecule has 0 aliphatic heterocycles. The van der Waals surface area contributed by atoms with Gasteiger partial charge in [-0.15, -0.1) is 0 Å². The molecule has 0 bridgehead atoms. The first-order chi connectivity index (χ1) is 15.1. The lowest BCUT2D eigenvalue weighted by atomic mass is 10.3. The monoisotopic (exact) mass is 497 g/mol. The number of carbonyl (C=O) groups is 1. The molecule has 0 spiro atoms. The molecule has 1 atom stereocenters. The molecule has 1 aromatic carbocycles. The zero-order valence-corrected chi connectivity index (χ0v) is 19.3. The van der Waals surface area contributed by atoms with Crippen LogP contribution in [-0.2, 0) is 19.0 Å². The number of esters is 1. The van der Waals surface area contributed by atoms with Gasteiger partial charge in [0.05, 0.1) is 39.2 Å². The summed E-state index contributed by atoms with van der Waals surface area (Å²) in [5.41, 5.74) is 0. The first-order valence-electron chi connectivity index (χ1n) is 10.0. The first-order valence-corrected chi connectivity index (χ1v) is 11.2. The molecule has 0 saturated heterocycles. The molecule has 170 valence electrons. The number of carbonyl (C=O) groups excluding carboxylic acids is 1. The van der Waals surface area contributed by atoms with E-state index < -0.39 is 12.1 Å². The maximum Gasteiger partial charge on any atom is 0.347 e. The molecule has 1 heterocycles. The number of benzene rings is 1. The van der Waals surface area contributed by atoms with Crippen molar-refractivity contribution in [2.24, 2.45) is 0 Å². The van der Waals surface area contributed by atoms with Crippen molar-refractivity contribution >= 4 is 21.9 Å². The molecule has 0 N–H and O–H groups in total. The Hall–Kier alpha value is -2.36. The molecule has 0 unspecified atom stereocenters. The summed E-state index contributed by atoms with van der Waals surface area (Å²) < 4.78 is 32.5.